The molecule has 6 heteroatoms. The molecule has 0 saturated heterocycles. The summed E-state index contributed by atoms with van der Waals surface area (Å²) in [7, 11) is 0. The van der Waals surface area contributed by atoms with Crippen LogP contribution in [0.15, 0.2) is 42.5 Å². The number of carbonyl (C=O) groups excluding carboxylic acids is 2. The van der Waals surface area contributed by atoms with E-state index in [0.29, 0.717) is 17.5 Å². The minimum Gasteiger partial charge on any atom is -0.459 e. The molecular formula is C27H30F2O4. The molecule has 2 saturated carbocycles. The number of ether oxygens (including phenoxy) is 2. The molecule has 4 nitrogen and oxygen atoms in total. The Morgan fingerprint density at radius 3 is 2.36 bits per heavy atom. The van der Waals surface area contributed by atoms with Crippen LogP contribution in [0.5, 0.6) is 5.75 Å². The molecule has 0 unspecified atom stereocenters. The third kappa shape index (κ3) is 5.79. The molecule has 0 amide bonds. The fourth-order valence-electron chi connectivity index (χ4n) is 5.42. The number of benzene rings is 2. The summed E-state index contributed by atoms with van der Waals surface area (Å²) in [6, 6.07) is 8.61. The molecule has 0 bridgehead atoms. The van der Waals surface area contributed by atoms with Gasteiger partial charge in [-0.1, -0.05) is 26.2 Å². The molecule has 0 aliphatic heterocycles. The minimum atomic E-state index is -0.992. The van der Waals surface area contributed by atoms with Crippen molar-refractivity contribution in [1.82, 2.24) is 0 Å². The molecule has 0 N–H and O–H groups in total. The second-order valence-electron chi connectivity index (χ2n) is 9.37. The van der Waals surface area contributed by atoms with Crippen LogP contribution >= 0.6 is 0 Å². The Bertz CT molecular complexity index is 988. The lowest BCUT2D eigenvalue weighted by atomic mass is 9.66. The van der Waals surface area contributed by atoms with Crippen molar-refractivity contribution < 1.29 is 27.8 Å². The molecule has 0 spiro atoms. The predicted molar refractivity (Wildman–Crippen MR) is 120 cm³/mol. The van der Waals surface area contributed by atoms with Gasteiger partial charge in [0.1, 0.15) is 23.5 Å². The quantitative estimate of drug-likeness (QED) is 0.357. The Hall–Kier alpha value is -2.76. The van der Waals surface area contributed by atoms with E-state index in [9.17, 15) is 18.4 Å². The van der Waals surface area contributed by atoms with Crippen molar-refractivity contribution in [2.75, 3.05) is 0 Å². The molecule has 4 rings (SSSR count). The van der Waals surface area contributed by atoms with Crippen LogP contribution in [0.2, 0.25) is 0 Å². The highest BCUT2D eigenvalue weighted by Crippen LogP contribution is 2.44. The van der Waals surface area contributed by atoms with Crippen LogP contribution in [0.25, 0.3) is 0 Å². The van der Waals surface area contributed by atoms with Gasteiger partial charge in [0, 0.05) is 6.07 Å². The molecule has 2 aromatic rings. The molecule has 0 heterocycles. The summed E-state index contributed by atoms with van der Waals surface area (Å²) in [5.74, 6) is -0.650. The van der Waals surface area contributed by atoms with Crippen LogP contribution in [0.1, 0.15) is 79.0 Å². The molecule has 0 aromatic heterocycles. The summed E-state index contributed by atoms with van der Waals surface area (Å²) in [4.78, 5) is 24.7. The Balaban J connectivity index is 1.29. The van der Waals surface area contributed by atoms with Crippen LogP contribution < -0.4 is 4.74 Å². The predicted octanol–water partition coefficient (Wildman–Crippen LogP) is 6.73. The van der Waals surface area contributed by atoms with E-state index in [1.54, 1.807) is 0 Å². The van der Waals surface area contributed by atoms with Gasteiger partial charge in [0.05, 0.1) is 11.1 Å². The molecule has 4 atom stereocenters. The van der Waals surface area contributed by atoms with E-state index in [-0.39, 0.29) is 23.4 Å². The monoisotopic (exact) mass is 456 g/mol. The lowest BCUT2D eigenvalue weighted by molar-refractivity contribution is -0.00620. The first-order valence-corrected chi connectivity index (χ1v) is 11.9. The van der Waals surface area contributed by atoms with Gasteiger partial charge in [-0.15, -0.1) is 0 Å². The third-order valence-corrected chi connectivity index (χ3v) is 7.10. The van der Waals surface area contributed by atoms with Gasteiger partial charge < -0.3 is 9.47 Å². The fraction of sp³-hybridized carbons (Fsp3) is 0.481. The average molecular weight is 457 g/mol. The van der Waals surface area contributed by atoms with Gasteiger partial charge in [0.25, 0.3) is 0 Å². The van der Waals surface area contributed by atoms with Gasteiger partial charge in [-0.05, 0) is 86.3 Å². The lowest BCUT2D eigenvalue weighted by Crippen LogP contribution is -2.35. The van der Waals surface area contributed by atoms with E-state index in [0.717, 1.165) is 43.2 Å². The first-order valence-electron chi connectivity index (χ1n) is 11.9. The highest BCUT2D eigenvalue weighted by molar-refractivity contribution is 5.92. The summed E-state index contributed by atoms with van der Waals surface area (Å²) in [5, 5.41) is 0. The van der Waals surface area contributed by atoms with E-state index >= 15 is 0 Å². The Morgan fingerprint density at radius 1 is 0.909 bits per heavy atom. The van der Waals surface area contributed by atoms with Gasteiger partial charge in [-0.3, -0.25) is 0 Å². The molecule has 176 valence electrons. The second-order valence-corrected chi connectivity index (χ2v) is 9.37. The molecule has 2 fully saturated rings. The van der Waals surface area contributed by atoms with Gasteiger partial charge >= 0.3 is 11.9 Å². The fourth-order valence-corrected chi connectivity index (χ4v) is 5.42. The Kier molecular flexibility index (Phi) is 7.41. The van der Waals surface area contributed by atoms with Gasteiger partial charge in [0.2, 0.25) is 0 Å². The summed E-state index contributed by atoms with van der Waals surface area (Å²) in [6.07, 6.45) is 9.34. The van der Waals surface area contributed by atoms with Crippen molar-refractivity contribution in [3.8, 4) is 5.75 Å². The summed E-state index contributed by atoms with van der Waals surface area (Å²) < 4.78 is 37.7. The molecule has 33 heavy (non-hydrogen) atoms. The van der Waals surface area contributed by atoms with E-state index in [2.05, 4.69) is 6.92 Å². The molecular weight excluding hydrogens is 426 g/mol. The van der Waals surface area contributed by atoms with Crippen LogP contribution in [0, 0.1) is 29.4 Å². The van der Waals surface area contributed by atoms with Crippen molar-refractivity contribution >= 4 is 11.9 Å². The van der Waals surface area contributed by atoms with Crippen molar-refractivity contribution in [2.24, 2.45) is 17.8 Å². The maximum Gasteiger partial charge on any atom is 0.346 e. The summed E-state index contributed by atoms with van der Waals surface area (Å²) in [6.45, 7) is 2.25. The van der Waals surface area contributed by atoms with Crippen molar-refractivity contribution in [1.29, 1.82) is 0 Å². The topological polar surface area (TPSA) is 52.6 Å². The number of carbonyl (C=O) groups is 2. The number of hydrogen-bond acceptors (Lipinski definition) is 4. The largest absolute Gasteiger partial charge is 0.459 e. The average Bonchev–Trinajstić information content (AvgIpc) is 2.79. The van der Waals surface area contributed by atoms with Crippen LogP contribution in [-0.2, 0) is 4.74 Å². The first-order chi connectivity index (χ1) is 15.9. The highest BCUT2D eigenvalue weighted by Gasteiger charge is 2.36. The maximum absolute atomic E-state index is 13.8. The van der Waals surface area contributed by atoms with E-state index in [1.165, 1.54) is 56.4 Å². The SMILES string of the molecule is CCC[C@@H]1CC[C@@H]2C[C@H](OC(=O)c3ccc(OC(=O)c4ccc(F)cc4F)cc3)CC[C@@H]2C1. The normalized spacial score (nSPS) is 24.6. The number of hydrogen-bond donors (Lipinski definition) is 0. The zero-order valence-corrected chi connectivity index (χ0v) is 18.9. The van der Waals surface area contributed by atoms with Crippen molar-refractivity contribution in [2.45, 2.75) is 64.4 Å². The number of rotatable bonds is 6. The van der Waals surface area contributed by atoms with Gasteiger partial charge in [-0.25, -0.2) is 18.4 Å². The van der Waals surface area contributed by atoms with Crippen molar-refractivity contribution in [3.63, 3.8) is 0 Å². The summed E-state index contributed by atoms with van der Waals surface area (Å²) in [5.41, 5.74) is 0.00996. The molecule has 2 aliphatic carbocycles. The van der Waals surface area contributed by atoms with E-state index < -0.39 is 17.6 Å². The second kappa shape index (κ2) is 10.4. The molecule has 2 aliphatic rings. The van der Waals surface area contributed by atoms with Gasteiger partial charge in [-0.2, -0.15) is 0 Å². The standard InChI is InChI=1S/C27H30F2O4/c1-2-3-17-4-5-20-15-23(12-8-19(20)14-17)33-26(30)18-6-10-22(11-7-18)32-27(31)24-13-9-21(28)16-25(24)29/h6-7,9-11,13,16-17,19-20,23H,2-5,8,12,14-15H2,1H3/t17-,19-,20-,23-/m1/s1. The van der Waals surface area contributed by atoms with Crippen molar-refractivity contribution in [3.05, 3.63) is 65.2 Å². The van der Waals surface area contributed by atoms with E-state index in [1.807, 2.05) is 0 Å². The van der Waals surface area contributed by atoms with Gasteiger partial charge in [0.15, 0.2) is 0 Å². The Morgan fingerprint density at radius 2 is 1.64 bits per heavy atom. The number of halogens is 2. The summed E-state index contributed by atoms with van der Waals surface area (Å²) >= 11 is 0. The minimum absolute atomic E-state index is 0.0552. The smallest absolute Gasteiger partial charge is 0.346 e. The van der Waals surface area contributed by atoms with Crippen LogP contribution in [0.3, 0.4) is 0 Å². The van der Waals surface area contributed by atoms with E-state index in [4.69, 9.17) is 9.47 Å². The molecule has 0 radical (unpaired) electrons. The maximum atomic E-state index is 13.8. The van der Waals surface area contributed by atoms with Crippen LogP contribution in [-0.4, -0.2) is 18.0 Å². The zero-order chi connectivity index (χ0) is 23.4. The number of esters is 2. The van der Waals surface area contributed by atoms with Crippen LogP contribution in [0.4, 0.5) is 8.78 Å². The third-order valence-electron chi connectivity index (χ3n) is 7.10. The lowest BCUT2D eigenvalue weighted by Gasteiger charge is -2.41. The number of fused-ring (bicyclic) bond motifs is 1. The Labute approximate surface area is 193 Å². The highest BCUT2D eigenvalue weighted by atomic mass is 19.1. The molecule has 2 aromatic carbocycles. The zero-order valence-electron chi connectivity index (χ0n) is 18.9. The first kappa shape index (κ1) is 23.4.